The Morgan fingerprint density at radius 1 is 0.647 bits per heavy atom. The molecule has 1 nitrogen and oxygen atoms in total. The molecule has 0 amide bonds. The van der Waals surface area contributed by atoms with E-state index in [1.165, 1.54) is 84.7 Å². The van der Waals surface area contributed by atoms with Gasteiger partial charge in [0.05, 0.1) is 6.61 Å². The van der Waals surface area contributed by atoms with Gasteiger partial charge in [0.25, 0.3) is 0 Å². The van der Waals surface area contributed by atoms with Gasteiger partial charge in [-0.15, -0.1) is 0 Å². The topological polar surface area (TPSA) is 9.23 Å². The third kappa shape index (κ3) is 7.31. The lowest BCUT2D eigenvalue weighted by molar-refractivity contribution is 0.151. The number of hydrogen-bond donors (Lipinski definition) is 0. The predicted molar refractivity (Wildman–Crippen MR) is 145 cm³/mol. The van der Waals surface area contributed by atoms with Crippen LogP contribution in [0.3, 0.4) is 0 Å². The molecule has 0 bridgehead atoms. The van der Waals surface area contributed by atoms with Crippen LogP contribution < -0.4 is 0 Å². The Balaban J connectivity index is 1.54. The van der Waals surface area contributed by atoms with Crippen molar-refractivity contribution in [2.45, 2.75) is 77.6 Å². The first-order chi connectivity index (χ1) is 16.8. The normalized spacial score (nSPS) is 14.3. The highest BCUT2D eigenvalue weighted by Gasteiger charge is 2.21. The second kappa shape index (κ2) is 12.9. The molecule has 4 rings (SSSR count). The molecule has 180 valence electrons. The zero-order chi connectivity index (χ0) is 23.6. The average Bonchev–Trinajstić information content (AvgIpc) is 3.71. The van der Waals surface area contributed by atoms with Gasteiger partial charge >= 0.3 is 0 Å². The van der Waals surface area contributed by atoms with Crippen LogP contribution in [0.1, 0.15) is 91.7 Å². The lowest BCUT2D eigenvalue weighted by Crippen LogP contribution is -2.05. The second-order valence-corrected chi connectivity index (χ2v) is 10.0. The van der Waals surface area contributed by atoms with Crippen molar-refractivity contribution in [1.29, 1.82) is 0 Å². The van der Waals surface area contributed by atoms with E-state index in [0.29, 0.717) is 0 Å². The van der Waals surface area contributed by atoms with Gasteiger partial charge in [-0.2, -0.15) is 0 Å². The van der Waals surface area contributed by atoms with Crippen LogP contribution in [-0.2, 0) is 24.0 Å². The molecule has 0 aliphatic heterocycles. The molecule has 3 aromatic rings. The van der Waals surface area contributed by atoms with Crippen molar-refractivity contribution < 1.29 is 4.74 Å². The maximum absolute atomic E-state index is 5.55. The third-order valence-corrected chi connectivity index (χ3v) is 7.29. The highest BCUT2D eigenvalue weighted by atomic mass is 16.5. The van der Waals surface area contributed by atoms with Crippen molar-refractivity contribution >= 4 is 0 Å². The highest BCUT2D eigenvalue weighted by molar-refractivity contribution is 5.45. The number of rotatable bonds is 14. The molecule has 0 radical (unpaired) electrons. The Hall–Kier alpha value is -2.38. The third-order valence-electron chi connectivity index (χ3n) is 7.29. The van der Waals surface area contributed by atoms with E-state index >= 15 is 0 Å². The van der Waals surface area contributed by atoms with Crippen LogP contribution in [0.5, 0.6) is 0 Å². The fourth-order valence-corrected chi connectivity index (χ4v) is 4.90. The van der Waals surface area contributed by atoms with Gasteiger partial charge in [0.2, 0.25) is 0 Å². The Morgan fingerprint density at radius 2 is 1.15 bits per heavy atom. The van der Waals surface area contributed by atoms with Gasteiger partial charge in [0.15, 0.2) is 0 Å². The smallest absolute Gasteiger partial charge is 0.0506 e. The predicted octanol–water partition coefficient (Wildman–Crippen LogP) is 8.52. The minimum atomic E-state index is 0.267. The molecule has 0 spiro atoms. The molecule has 1 heteroatoms. The summed E-state index contributed by atoms with van der Waals surface area (Å²) in [7, 11) is 0. The monoisotopic (exact) mass is 454 g/mol. The van der Waals surface area contributed by atoms with E-state index < -0.39 is 0 Å². The van der Waals surface area contributed by atoms with E-state index in [4.69, 9.17) is 4.74 Å². The van der Waals surface area contributed by atoms with E-state index in [2.05, 4.69) is 86.6 Å². The van der Waals surface area contributed by atoms with Gasteiger partial charge < -0.3 is 4.74 Å². The molecule has 0 heterocycles. The number of aryl methyl sites for hydroxylation is 2. The maximum Gasteiger partial charge on any atom is 0.0506 e. The molecule has 1 atom stereocenters. The quantitative estimate of drug-likeness (QED) is 0.175. The first-order valence-corrected chi connectivity index (χ1v) is 13.6. The number of unbranched alkanes of at least 4 members (excludes halogenated alkanes) is 2. The molecule has 1 unspecified atom stereocenters. The Kier molecular flexibility index (Phi) is 9.39. The summed E-state index contributed by atoms with van der Waals surface area (Å²) in [6.07, 6.45) is 11.5. The molecular weight excluding hydrogens is 412 g/mol. The summed E-state index contributed by atoms with van der Waals surface area (Å²) >= 11 is 0. The van der Waals surface area contributed by atoms with Crippen molar-refractivity contribution in [3.05, 3.63) is 106 Å². The molecule has 1 aliphatic rings. The molecule has 0 aromatic heterocycles. The van der Waals surface area contributed by atoms with Crippen LogP contribution in [0.15, 0.2) is 72.8 Å². The van der Waals surface area contributed by atoms with E-state index in [-0.39, 0.29) is 5.92 Å². The van der Waals surface area contributed by atoms with Crippen LogP contribution in [0, 0.1) is 5.92 Å². The van der Waals surface area contributed by atoms with E-state index in [1.54, 1.807) is 0 Å². The first-order valence-electron chi connectivity index (χ1n) is 13.6. The summed E-state index contributed by atoms with van der Waals surface area (Å²) < 4.78 is 5.55. The van der Waals surface area contributed by atoms with Crippen LogP contribution in [0.25, 0.3) is 0 Å². The minimum absolute atomic E-state index is 0.267. The zero-order valence-corrected chi connectivity index (χ0v) is 21.3. The molecule has 34 heavy (non-hydrogen) atoms. The molecule has 0 saturated heterocycles. The van der Waals surface area contributed by atoms with Crippen molar-refractivity contribution in [3.8, 4) is 0 Å². The summed E-state index contributed by atoms with van der Waals surface area (Å²) in [6.45, 7) is 5.90. The van der Waals surface area contributed by atoms with E-state index in [9.17, 15) is 0 Å². The van der Waals surface area contributed by atoms with Gasteiger partial charge in [-0.05, 0) is 78.3 Å². The van der Waals surface area contributed by atoms with Gasteiger partial charge in [-0.3, -0.25) is 0 Å². The minimum Gasteiger partial charge on any atom is -0.381 e. The molecule has 0 N–H and O–H groups in total. The van der Waals surface area contributed by atoms with Crippen molar-refractivity contribution in [1.82, 2.24) is 0 Å². The van der Waals surface area contributed by atoms with E-state index in [1.807, 2.05) is 0 Å². The van der Waals surface area contributed by atoms with Crippen molar-refractivity contribution in [2.75, 3.05) is 13.2 Å². The van der Waals surface area contributed by atoms with Gasteiger partial charge in [-0.25, -0.2) is 0 Å². The summed E-state index contributed by atoms with van der Waals surface area (Å²) in [5.41, 5.74) is 8.41. The molecular formula is C33H42O. The molecule has 1 fully saturated rings. The summed E-state index contributed by atoms with van der Waals surface area (Å²) in [5.74, 6) is 1.26. The highest BCUT2D eigenvalue weighted by Crippen LogP contribution is 2.35. The van der Waals surface area contributed by atoms with Crippen molar-refractivity contribution in [2.24, 2.45) is 5.92 Å². The molecule has 1 aliphatic carbocycles. The fraction of sp³-hybridized carbons (Fsp3) is 0.455. The second-order valence-electron chi connectivity index (χ2n) is 10.0. The zero-order valence-electron chi connectivity index (χ0n) is 21.3. The lowest BCUT2D eigenvalue weighted by Gasteiger charge is -2.20. The molecule has 3 aromatic carbocycles. The van der Waals surface area contributed by atoms with E-state index in [0.717, 1.165) is 25.6 Å². The molecule has 1 saturated carbocycles. The van der Waals surface area contributed by atoms with Crippen LogP contribution >= 0.6 is 0 Å². The Morgan fingerprint density at radius 3 is 1.62 bits per heavy atom. The van der Waals surface area contributed by atoms with Gasteiger partial charge in [-0.1, -0.05) is 105 Å². The fourth-order valence-electron chi connectivity index (χ4n) is 4.90. The average molecular weight is 455 g/mol. The maximum atomic E-state index is 5.55. The van der Waals surface area contributed by atoms with Gasteiger partial charge in [0, 0.05) is 12.5 Å². The Bertz CT molecular complexity index is 911. The number of ether oxygens (including phenoxy) is 1. The van der Waals surface area contributed by atoms with Gasteiger partial charge in [0.1, 0.15) is 0 Å². The summed E-state index contributed by atoms with van der Waals surface area (Å²) in [6, 6.07) is 28.1. The first kappa shape index (κ1) is 24.7. The van der Waals surface area contributed by atoms with Crippen molar-refractivity contribution in [3.63, 3.8) is 0 Å². The number of benzene rings is 3. The van der Waals surface area contributed by atoms with Crippen LogP contribution in [-0.4, -0.2) is 13.2 Å². The standard InChI is InChI=1S/C33H42O/c1-3-5-6-7-26-12-18-30(19-13-26)33(32-22-16-29(17-23-32)24-25-34-4-2)31-20-14-28(15-21-31)11-10-27-8-9-27/h12-23,27,33H,3-11,24-25H2,1-2H3. The summed E-state index contributed by atoms with van der Waals surface area (Å²) in [5, 5.41) is 0. The van der Waals surface area contributed by atoms with Crippen LogP contribution in [0.2, 0.25) is 0 Å². The lowest BCUT2D eigenvalue weighted by atomic mass is 9.84. The summed E-state index contributed by atoms with van der Waals surface area (Å²) in [4.78, 5) is 0. The number of hydrogen-bond acceptors (Lipinski definition) is 1. The largest absolute Gasteiger partial charge is 0.381 e. The van der Waals surface area contributed by atoms with Crippen LogP contribution in [0.4, 0.5) is 0 Å². The Labute approximate surface area is 207 Å². The SMILES string of the molecule is CCCCCc1ccc(C(c2ccc(CCOCC)cc2)c2ccc(CCC3CC3)cc2)cc1.